The van der Waals surface area contributed by atoms with Crippen LogP contribution >= 0.6 is 11.6 Å². The zero-order valence-electron chi connectivity index (χ0n) is 12.4. The number of aromatic nitrogens is 1. The molecule has 0 unspecified atom stereocenters. The van der Waals surface area contributed by atoms with Crippen LogP contribution in [0.3, 0.4) is 0 Å². The number of likely N-dealkylation sites (N-methyl/N-ethyl adjacent to an activating group) is 1. The molecule has 1 aliphatic rings. The van der Waals surface area contributed by atoms with Gasteiger partial charge in [-0.1, -0.05) is 29.8 Å². The first-order valence-electron chi connectivity index (χ1n) is 7.28. The number of carbonyl (C=O) groups is 1. The van der Waals surface area contributed by atoms with E-state index in [1.54, 1.807) is 11.1 Å². The molecule has 1 aromatic heterocycles. The highest BCUT2D eigenvalue weighted by molar-refractivity contribution is 6.30. The molecule has 1 aromatic carbocycles. The average Bonchev–Trinajstić information content (AvgIpc) is 2.82. The highest BCUT2D eigenvalue weighted by Gasteiger charge is 2.38. The van der Waals surface area contributed by atoms with Crippen LogP contribution in [0.2, 0.25) is 5.02 Å². The van der Waals surface area contributed by atoms with Gasteiger partial charge in [-0.15, -0.1) is 0 Å². The van der Waals surface area contributed by atoms with Crippen molar-refractivity contribution in [1.82, 2.24) is 15.2 Å². The quantitative estimate of drug-likeness (QED) is 0.943. The van der Waals surface area contributed by atoms with E-state index < -0.39 is 0 Å². The number of halogens is 1. The zero-order chi connectivity index (χ0) is 15.5. The van der Waals surface area contributed by atoms with E-state index in [2.05, 4.69) is 10.3 Å². The number of carbonyl (C=O) groups excluding carboxylic acids is 1. The third-order valence-electron chi connectivity index (χ3n) is 4.09. The van der Waals surface area contributed by atoms with Crippen molar-refractivity contribution in [2.45, 2.75) is 25.0 Å². The molecule has 0 saturated carbocycles. The van der Waals surface area contributed by atoms with E-state index in [4.69, 9.17) is 11.6 Å². The molecule has 4 nitrogen and oxygen atoms in total. The maximum Gasteiger partial charge on any atom is 0.224 e. The molecule has 0 bridgehead atoms. The Kier molecular flexibility index (Phi) is 4.41. The number of nitrogens with zero attached hydrogens (tertiary/aromatic N) is 2. The smallest absolute Gasteiger partial charge is 0.224 e. The lowest BCUT2D eigenvalue weighted by Gasteiger charge is -2.25. The Balaban J connectivity index is 1.73. The van der Waals surface area contributed by atoms with Crippen molar-refractivity contribution < 1.29 is 4.79 Å². The summed E-state index contributed by atoms with van der Waals surface area (Å²) in [7, 11) is 1.85. The average molecular weight is 316 g/mol. The molecule has 2 heterocycles. The molecule has 1 fully saturated rings. The maximum atomic E-state index is 12.1. The molecule has 0 spiro atoms. The summed E-state index contributed by atoms with van der Waals surface area (Å²) in [6.07, 6.45) is 4.08. The molecule has 1 amide bonds. The van der Waals surface area contributed by atoms with Crippen LogP contribution in [0.25, 0.3) is 0 Å². The highest BCUT2D eigenvalue weighted by atomic mass is 35.5. The summed E-state index contributed by atoms with van der Waals surface area (Å²) in [6.45, 7) is 0.708. The topological polar surface area (TPSA) is 45.2 Å². The van der Waals surface area contributed by atoms with Gasteiger partial charge in [-0.2, -0.15) is 0 Å². The van der Waals surface area contributed by atoms with Crippen LogP contribution in [0.1, 0.15) is 23.6 Å². The van der Waals surface area contributed by atoms with Crippen LogP contribution in [0, 0.1) is 0 Å². The molecule has 2 aromatic rings. The minimum absolute atomic E-state index is 0.0218. The molecule has 5 heteroatoms. The van der Waals surface area contributed by atoms with Crippen LogP contribution in [0.4, 0.5) is 0 Å². The van der Waals surface area contributed by atoms with Crippen molar-refractivity contribution in [2.24, 2.45) is 0 Å². The van der Waals surface area contributed by atoms with Crippen molar-refractivity contribution in [3.8, 4) is 0 Å². The van der Waals surface area contributed by atoms with Crippen molar-refractivity contribution >= 4 is 17.5 Å². The second-order valence-corrected chi connectivity index (χ2v) is 5.99. The lowest BCUT2D eigenvalue weighted by molar-refractivity contribution is -0.127. The van der Waals surface area contributed by atoms with Crippen LogP contribution in [0.5, 0.6) is 0 Å². The normalized spacial score (nSPS) is 21.4. The Bertz CT molecular complexity index is 645. The molecule has 22 heavy (non-hydrogen) atoms. The van der Waals surface area contributed by atoms with Gasteiger partial charge in [0, 0.05) is 43.5 Å². The van der Waals surface area contributed by atoms with Gasteiger partial charge in [0.25, 0.3) is 0 Å². The molecule has 0 aliphatic carbocycles. The number of hydrogen-bond donors (Lipinski definition) is 1. The fraction of sp³-hybridized carbons (Fsp3) is 0.294. The monoisotopic (exact) mass is 315 g/mol. The first kappa shape index (κ1) is 15.0. The van der Waals surface area contributed by atoms with E-state index in [0.717, 1.165) is 16.1 Å². The van der Waals surface area contributed by atoms with E-state index in [0.29, 0.717) is 13.0 Å². The van der Waals surface area contributed by atoms with Gasteiger partial charge in [0.1, 0.15) is 0 Å². The first-order valence-corrected chi connectivity index (χ1v) is 7.66. The van der Waals surface area contributed by atoms with Crippen LogP contribution < -0.4 is 5.32 Å². The third-order valence-corrected chi connectivity index (χ3v) is 4.35. The molecular formula is C17H18ClN3O. The molecule has 3 rings (SSSR count). The lowest BCUT2D eigenvalue weighted by atomic mass is 10.0. The van der Waals surface area contributed by atoms with Crippen LogP contribution in [-0.4, -0.2) is 28.9 Å². The number of benzene rings is 1. The fourth-order valence-electron chi connectivity index (χ4n) is 2.91. The van der Waals surface area contributed by atoms with Gasteiger partial charge in [-0.25, -0.2) is 0 Å². The van der Waals surface area contributed by atoms with Gasteiger partial charge in [0.15, 0.2) is 0 Å². The molecule has 2 atom stereocenters. The molecule has 0 radical (unpaired) electrons. The number of rotatable bonds is 4. The number of nitrogens with one attached hydrogen (secondary N) is 1. The van der Waals surface area contributed by atoms with Gasteiger partial charge in [-0.3, -0.25) is 9.78 Å². The van der Waals surface area contributed by atoms with Crippen molar-refractivity contribution in [2.75, 3.05) is 7.05 Å². The van der Waals surface area contributed by atoms with Gasteiger partial charge >= 0.3 is 0 Å². The second kappa shape index (κ2) is 6.46. The summed E-state index contributed by atoms with van der Waals surface area (Å²) in [5.41, 5.74) is 2.21. The minimum atomic E-state index is 0.0218. The Hall–Kier alpha value is -1.91. The van der Waals surface area contributed by atoms with Crippen LogP contribution in [-0.2, 0) is 11.3 Å². The molecule has 114 valence electrons. The van der Waals surface area contributed by atoms with Crippen molar-refractivity contribution in [3.63, 3.8) is 0 Å². The van der Waals surface area contributed by atoms with Gasteiger partial charge < -0.3 is 10.2 Å². The van der Waals surface area contributed by atoms with E-state index in [9.17, 15) is 4.79 Å². The number of hydrogen-bond acceptors (Lipinski definition) is 3. The Morgan fingerprint density at radius 2 is 2.09 bits per heavy atom. The minimum Gasteiger partial charge on any atom is -0.337 e. The Morgan fingerprint density at radius 1 is 1.32 bits per heavy atom. The van der Waals surface area contributed by atoms with Crippen LogP contribution in [0.15, 0.2) is 48.8 Å². The predicted octanol–water partition coefficient (Wildman–Crippen LogP) is 2.80. The van der Waals surface area contributed by atoms with Gasteiger partial charge in [-0.05, 0) is 29.3 Å². The Labute approximate surface area is 135 Å². The van der Waals surface area contributed by atoms with Gasteiger partial charge in [0.05, 0.1) is 6.04 Å². The highest BCUT2D eigenvalue weighted by Crippen LogP contribution is 2.31. The standard InChI is InChI=1S/C17H18ClN3O/c1-21-16(22)9-15(17(21)13-3-2-8-19-11-13)20-10-12-4-6-14(18)7-5-12/h2-8,11,15,17,20H,9-10H2,1H3/t15-,17+/m1/s1. The molecule has 1 aliphatic heterocycles. The SMILES string of the molecule is CN1C(=O)C[C@@H](NCc2ccc(Cl)cc2)[C@@H]1c1cccnc1. The first-order chi connectivity index (χ1) is 10.6. The molecule has 1 saturated heterocycles. The number of amides is 1. The molecule has 1 N–H and O–H groups in total. The summed E-state index contributed by atoms with van der Waals surface area (Å²) < 4.78 is 0. The number of likely N-dealkylation sites (tertiary alicyclic amines) is 1. The number of pyridine rings is 1. The van der Waals surface area contributed by atoms with Crippen molar-refractivity contribution in [3.05, 3.63) is 64.9 Å². The van der Waals surface area contributed by atoms with Gasteiger partial charge in [0.2, 0.25) is 5.91 Å². The summed E-state index contributed by atoms with van der Waals surface area (Å²) in [5, 5.41) is 4.22. The fourth-order valence-corrected chi connectivity index (χ4v) is 3.04. The zero-order valence-corrected chi connectivity index (χ0v) is 13.1. The molecular weight excluding hydrogens is 298 g/mol. The van der Waals surface area contributed by atoms with E-state index in [1.807, 2.05) is 49.6 Å². The van der Waals surface area contributed by atoms with E-state index in [1.165, 1.54) is 0 Å². The second-order valence-electron chi connectivity index (χ2n) is 5.55. The predicted molar refractivity (Wildman–Crippen MR) is 86.4 cm³/mol. The summed E-state index contributed by atoms with van der Waals surface area (Å²) in [6, 6.07) is 11.8. The lowest BCUT2D eigenvalue weighted by Crippen LogP contribution is -2.34. The van der Waals surface area contributed by atoms with Crippen molar-refractivity contribution in [1.29, 1.82) is 0 Å². The maximum absolute atomic E-state index is 12.1. The largest absolute Gasteiger partial charge is 0.337 e. The summed E-state index contributed by atoms with van der Waals surface area (Å²) in [4.78, 5) is 18.0. The summed E-state index contributed by atoms with van der Waals surface area (Å²) in [5.74, 6) is 0.155. The Morgan fingerprint density at radius 3 is 2.77 bits per heavy atom. The van der Waals surface area contributed by atoms with E-state index in [-0.39, 0.29) is 18.0 Å². The third kappa shape index (κ3) is 3.13. The summed E-state index contributed by atoms with van der Waals surface area (Å²) >= 11 is 5.90. The van der Waals surface area contributed by atoms with E-state index >= 15 is 0 Å².